The van der Waals surface area contributed by atoms with Crippen molar-refractivity contribution in [3.63, 3.8) is 0 Å². The number of rotatable bonds is 1. The molecule has 114 valence electrons. The third kappa shape index (κ3) is 2.38. The summed E-state index contributed by atoms with van der Waals surface area (Å²) < 4.78 is 0.805. The van der Waals surface area contributed by atoms with Gasteiger partial charge in [-0.05, 0) is 40.2 Å². The molecule has 4 nitrogen and oxygen atoms in total. The van der Waals surface area contributed by atoms with Gasteiger partial charge in [0.25, 0.3) is 0 Å². The lowest BCUT2D eigenvalue weighted by Crippen LogP contribution is -2.29. The quantitative estimate of drug-likeness (QED) is 0.754. The minimum atomic E-state index is -0.0808. The summed E-state index contributed by atoms with van der Waals surface area (Å²) in [6.45, 7) is 0. The highest BCUT2D eigenvalue weighted by molar-refractivity contribution is 9.10. The first-order valence-corrected chi connectivity index (χ1v) is 8.69. The topological polar surface area (TPSA) is 56.2 Å². The summed E-state index contributed by atoms with van der Waals surface area (Å²) in [6, 6.07) is 15.5. The van der Waals surface area contributed by atoms with E-state index in [9.17, 15) is 4.79 Å². The third-order valence-electron chi connectivity index (χ3n) is 3.80. The number of hydrogen-bond donors (Lipinski definition) is 2. The first kappa shape index (κ1) is 14.5. The fourth-order valence-electron chi connectivity index (χ4n) is 2.70. The number of carbonyl (C=O) groups excluding carboxylic acids is 1. The molecule has 2 heterocycles. The van der Waals surface area contributed by atoms with Crippen LogP contribution in [0.15, 0.2) is 68.5 Å². The van der Waals surface area contributed by atoms with Gasteiger partial charge in [0.1, 0.15) is 5.84 Å². The van der Waals surface area contributed by atoms with Crippen molar-refractivity contribution >= 4 is 50.8 Å². The van der Waals surface area contributed by atoms with Crippen molar-refractivity contribution in [3.05, 3.63) is 63.6 Å². The number of nitrogens with zero attached hydrogens (tertiary/aromatic N) is 1. The normalized spacial score (nSPS) is 20.0. The lowest BCUT2D eigenvalue weighted by atomic mass is 10.2. The molecular formula is C17H12BrN3OS. The van der Waals surface area contributed by atoms with Crippen LogP contribution in [0.3, 0.4) is 0 Å². The number of nitrogens with one attached hydrogen (secondary N) is 2. The zero-order valence-electron chi connectivity index (χ0n) is 12.0. The van der Waals surface area contributed by atoms with Gasteiger partial charge in [-0.3, -0.25) is 15.1 Å². The maximum absolute atomic E-state index is 12.5. The van der Waals surface area contributed by atoms with Gasteiger partial charge in [0, 0.05) is 14.9 Å². The molecule has 2 aromatic rings. The van der Waals surface area contributed by atoms with Gasteiger partial charge in [0.05, 0.1) is 22.8 Å². The van der Waals surface area contributed by atoms with Crippen molar-refractivity contribution in [2.45, 2.75) is 11.3 Å². The van der Waals surface area contributed by atoms with Gasteiger partial charge in [-0.1, -0.05) is 36.0 Å². The number of fused-ring (bicyclic) bond motifs is 1. The molecular weight excluding hydrogens is 374 g/mol. The van der Waals surface area contributed by atoms with E-state index in [-0.39, 0.29) is 18.2 Å². The van der Waals surface area contributed by atoms with E-state index < -0.39 is 0 Å². The Balaban J connectivity index is 1.72. The molecule has 1 fully saturated rings. The SMILES string of the molecule is N=C1/C(=C2/Nc3ccccc3S2)CC(=O)N1c1ccccc1Br. The van der Waals surface area contributed by atoms with Gasteiger partial charge in [-0.15, -0.1) is 0 Å². The van der Waals surface area contributed by atoms with E-state index in [0.717, 1.165) is 25.7 Å². The van der Waals surface area contributed by atoms with Crippen LogP contribution < -0.4 is 10.2 Å². The molecule has 0 radical (unpaired) electrons. The minimum absolute atomic E-state index is 0.0808. The maximum atomic E-state index is 12.5. The van der Waals surface area contributed by atoms with Crippen LogP contribution in [0.2, 0.25) is 0 Å². The standard InChI is InChI=1S/C17H12BrN3OS/c18-11-5-1-3-7-13(11)21-15(22)9-10(16(21)19)17-20-12-6-2-4-8-14(12)23-17/h1-8,19-20H,9H2/b17-10-,19-16?. The Morgan fingerprint density at radius 3 is 2.65 bits per heavy atom. The predicted molar refractivity (Wildman–Crippen MR) is 96.9 cm³/mol. The second kappa shape index (κ2) is 5.54. The van der Waals surface area contributed by atoms with E-state index in [1.165, 1.54) is 4.90 Å². The highest BCUT2D eigenvalue weighted by Crippen LogP contribution is 2.44. The molecule has 0 unspecified atom stereocenters. The average molecular weight is 386 g/mol. The number of hydrogen-bond acceptors (Lipinski definition) is 4. The van der Waals surface area contributed by atoms with Crippen LogP contribution in [-0.4, -0.2) is 11.7 Å². The minimum Gasteiger partial charge on any atom is -0.349 e. The smallest absolute Gasteiger partial charge is 0.237 e. The fraction of sp³-hybridized carbons (Fsp3) is 0.0588. The number of amidine groups is 1. The van der Waals surface area contributed by atoms with Gasteiger partial charge in [-0.25, -0.2) is 0 Å². The van der Waals surface area contributed by atoms with Crippen LogP contribution in [0.1, 0.15) is 6.42 Å². The summed E-state index contributed by atoms with van der Waals surface area (Å²) in [5, 5.41) is 12.7. The first-order chi connectivity index (χ1) is 11.1. The number of anilines is 2. The molecule has 6 heteroatoms. The monoisotopic (exact) mass is 385 g/mol. The Morgan fingerprint density at radius 1 is 1.13 bits per heavy atom. The zero-order valence-corrected chi connectivity index (χ0v) is 14.4. The lowest BCUT2D eigenvalue weighted by Gasteiger charge is -2.17. The molecule has 0 aliphatic carbocycles. The van der Waals surface area contributed by atoms with Gasteiger partial charge in [-0.2, -0.15) is 0 Å². The van der Waals surface area contributed by atoms with Gasteiger partial charge in [0.2, 0.25) is 5.91 Å². The highest BCUT2D eigenvalue weighted by atomic mass is 79.9. The van der Waals surface area contributed by atoms with Gasteiger partial charge >= 0.3 is 0 Å². The largest absolute Gasteiger partial charge is 0.349 e. The summed E-state index contributed by atoms with van der Waals surface area (Å²) >= 11 is 5.04. The molecule has 2 aliphatic rings. The number of halogens is 1. The van der Waals surface area contributed by atoms with E-state index in [0.29, 0.717) is 5.69 Å². The lowest BCUT2D eigenvalue weighted by molar-refractivity contribution is -0.116. The molecule has 0 aromatic heterocycles. The Hall–Kier alpha value is -2.05. The van der Waals surface area contributed by atoms with Crippen molar-refractivity contribution in [2.24, 2.45) is 0 Å². The summed E-state index contributed by atoms with van der Waals surface area (Å²) in [5.41, 5.74) is 2.48. The summed E-state index contributed by atoms with van der Waals surface area (Å²) in [5.74, 6) is 0.160. The van der Waals surface area contributed by atoms with E-state index in [4.69, 9.17) is 5.41 Å². The predicted octanol–water partition coefficient (Wildman–Crippen LogP) is 4.59. The van der Waals surface area contributed by atoms with E-state index >= 15 is 0 Å². The molecule has 0 atom stereocenters. The second-order valence-electron chi connectivity index (χ2n) is 5.24. The van der Waals surface area contributed by atoms with Crippen molar-refractivity contribution in [1.29, 1.82) is 5.41 Å². The number of thioether (sulfide) groups is 1. The van der Waals surface area contributed by atoms with E-state index in [1.807, 2.05) is 48.5 Å². The van der Waals surface area contributed by atoms with Crippen LogP contribution in [0.5, 0.6) is 0 Å². The molecule has 2 aliphatic heterocycles. The van der Waals surface area contributed by atoms with Crippen LogP contribution >= 0.6 is 27.7 Å². The number of carbonyl (C=O) groups is 1. The Labute approximate surface area is 146 Å². The molecule has 1 amide bonds. The molecule has 2 N–H and O–H groups in total. The van der Waals surface area contributed by atoms with Crippen LogP contribution in [0.25, 0.3) is 0 Å². The van der Waals surface area contributed by atoms with Crippen LogP contribution in [-0.2, 0) is 4.79 Å². The molecule has 2 aromatic carbocycles. The number of benzene rings is 2. The average Bonchev–Trinajstić information content (AvgIpc) is 3.09. The number of amides is 1. The first-order valence-electron chi connectivity index (χ1n) is 7.08. The number of para-hydroxylation sites is 2. The molecule has 1 saturated heterocycles. The van der Waals surface area contributed by atoms with E-state index in [2.05, 4.69) is 21.2 Å². The summed E-state index contributed by atoms with van der Waals surface area (Å²) in [6.07, 6.45) is 0.240. The van der Waals surface area contributed by atoms with Crippen molar-refractivity contribution < 1.29 is 4.79 Å². The molecule has 23 heavy (non-hydrogen) atoms. The summed E-state index contributed by atoms with van der Waals surface area (Å²) in [7, 11) is 0. The Morgan fingerprint density at radius 2 is 1.87 bits per heavy atom. The summed E-state index contributed by atoms with van der Waals surface area (Å²) in [4.78, 5) is 15.1. The van der Waals surface area contributed by atoms with Gasteiger partial charge < -0.3 is 5.32 Å². The van der Waals surface area contributed by atoms with E-state index in [1.54, 1.807) is 11.8 Å². The molecule has 0 spiro atoms. The molecule has 4 rings (SSSR count). The highest BCUT2D eigenvalue weighted by Gasteiger charge is 2.36. The fourth-order valence-corrected chi connectivity index (χ4v) is 4.21. The van der Waals surface area contributed by atoms with Gasteiger partial charge in [0.15, 0.2) is 0 Å². The second-order valence-corrected chi connectivity index (χ2v) is 7.14. The maximum Gasteiger partial charge on any atom is 0.237 e. The van der Waals surface area contributed by atoms with Crippen molar-refractivity contribution in [2.75, 3.05) is 10.2 Å². The van der Waals surface area contributed by atoms with Crippen LogP contribution in [0, 0.1) is 5.41 Å². The zero-order chi connectivity index (χ0) is 16.0. The molecule has 0 bridgehead atoms. The third-order valence-corrected chi connectivity index (χ3v) is 5.60. The van der Waals surface area contributed by atoms with Crippen molar-refractivity contribution in [3.8, 4) is 0 Å². The molecule has 0 saturated carbocycles. The van der Waals surface area contributed by atoms with Crippen LogP contribution in [0.4, 0.5) is 11.4 Å². The van der Waals surface area contributed by atoms with Crippen molar-refractivity contribution in [1.82, 2.24) is 0 Å². The Bertz CT molecular complexity index is 851. The Kier molecular flexibility index (Phi) is 3.50.